The molecule has 11 heteroatoms. The largest absolute Gasteiger partial charge is 0.451 e. The zero-order chi connectivity index (χ0) is 30.7. The highest BCUT2D eigenvalue weighted by Crippen LogP contribution is 2.37. The first-order valence-corrected chi connectivity index (χ1v) is 13.0. The van der Waals surface area contributed by atoms with Crippen molar-refractivity contribution >= 4 is 43.6 Å². The van der Waals surface area contributed by atoms with Crippen LogP contribution in [0.3, 0.4) is 0 Å². The van der Waals surface area contributed by atoms with Crippen molar-refractivity contribution in [1.82, 2.24) is 19.1 Å². The van der Waals surface area contributed by atoms with Crippen LogP contribution in [-0.4, -0.2) is 19.1 Å². The third-order valence-electron chi connectivity index (χ3n) is 7.46. The molecule has 0 bridgehead atoms. The third kappa shape index (κ3) is 3.89. The summed E-state index contributed by atoms with van der Waals surface area (Å²) in [4.78, 5) is 7.91. The third-order valence-corrected chi connectivity index (χ3v) is 7.46. The van der Waals surface area contributed by atoms with Gasteiger partial charge in [-0.2, -0.15) is 34.2 Å². The molecule has 0 amide bonds. The summed E-state index contributed by atoms with van der Waals surface area (Å²) in [6, 6.07) is 29.0. The molecule has 0 aliphatic heterocycles. The van der Waals surface area contributed by atoms with E-state index in [0.717, 1.165) is 0 Å². The quantitative estimate of drug-likeness (QED) is 0.214. The molecule has 0 aliphatic carbocycles. The monoisotopic (exact) mass is 578 g/mol. The molecule has 0 atom stereocenters. The van der Waals surface area contributed by atoms with E-state index in [1.54, 1.807) is 81.9 Å². The number of halogens is 3. The highest BCUT2D eigenvalue weighted by atomic mass is 19.4. The molecule has 0 N–H and O–H groups in total. The van der Waals surface area contributed by atoms with Gasteiger partial charge in [-0.15, -0.1) is 0 Å². The van der Waals surface area contributed by atoms with Crippen LogP contribution in [0.1, 0.15) is 28.1 Å². The number of nitrogens with zero attached hydrogens (tertiary/aromatic N) is 8. The van der Waals surface area contributed by atoms with Crippen LogP contribution in [0, 0.1) is 45.3 Å². The van der Waals surface area contributed by atoms with Gasteiger partial charge in [0, 0.05) is 27.6 Å². The Hall–Kier alpha value is -6.69. The van der Waals surface area contributed by atoms with Crippen LogP contribution in [0.2, 0.25) is 0 Å². The summed E-state index contributed by atoms with van der Waals surface area (Å²) in [5, 5.41) is 40.3. The maximum atomic E-state index is 14.4. The molecule has 0 unspecified atom stereocenters. The first-order valence-electron chi connectivity index (χ1n) is 13.0. The fourth-order valence-electron chi connectivity index (χ4n) is 5.60. The second-order valence-electron chi connectivity index (χ2n) is 9.95. The number of hydrogen-bond donors (Lipinski definition) is 0. The van der Waals surface area contributed by atoms with E-state index in [4.69, 9.17) is 0 Å². The van der Waals surface area contributed by atoms with Gasteiger partial charge >= 0.3 is 6.18 Å². The van der Waals surface area contributed by atoms with Gasteiger partial charge in [-0.05, 0) is 72.8 Å². The standard InChI is InChI=1S/C33H13F3N8/c34-33(35,36)32-41-30(43-26-5-1-18(14-37)9-22(26)23-10-19(15-38)2-6-27(23)43)13-31(42-32)44-28-7-3-20(16-39)11-24(28)25-12-21(17-40)4-8-29(25)44/h1-13H. The van der Waals surface area contributed by atoms with E-state index in [1.165, 1.54) is 6.07 Å². The smallest absolute Gasteiger partial charge is 0.294 e. The van der Waals surface area contributed by atoms with E-state index in [1.807, 2.05) is 0 Å². The Balaban J connectivity index is 1.61. The van der Waals surface area contributed by atoms with Gasteiger partial charge in [0.15, 0.2) is 0 Å². The molecular formula is C33H13F3N8. The lowest BCUT2D eigenvalue weighted by atomic mass is 10.1. The minimum absolute atomic E-state index is 0.0889. The molecule has 3 heterocycles. The highest BCUT2D eigenvalue weighted by Gasteiger charge is 2.36. The lowest BCUT2D eigenvalue weighted by Crippen LogP contribution is -2.15. The summed E-state index contributed by atoms with van der Waals surface area (Å²) in [6.45, 7) is 0. The Kier molecular flexibility index (Phi) is 5.62. The van der Waals surface area contributed by atoms with Crippen LogP contribution < -0.4 is 0 Å². The van der Waals surface area contributed by atoms with Gasteiger partial charge in [-0.3, -0.25) is 9.13 Å². The number of aromatic nitrogens is 4. The zero-order valence-electron chi connectivity index (χ0n) is 22.2. The molecule has 206 valence electrons. The van der Waals surface area contributed by atoms with Gasteiger partial charge < -0.3 is 0 Å². The molecule has 7 aromatic rings. The SMILES string of the molecule is N#Cc1ccc2c(c1)c1cc(C#N)ccc1n2-c1cc(-n2c3ccc(C#N)cc3c3cc(C#N)ccc32)nc(C(F)(F)F)n1. The predicted molar refractivity (Wildman–Crippen MR) is 155 cm³/mol. The van der Waals surface area contributed by atoms with Crippen molar-refractivity contribution in [3.63, 3.8) is 0 Å². The maximum absolute atomic E-state index is 14.4. The van der Waals surface area contributed by atoms with Gasteiger partial charge in [0.1, 0.15) is 11.6 Å². The van der Waals surface area contributed by atoms with Crippen molar-refractivity contribution in [3.8, 4) is 35.9 Å². The second-order valence-corrected chi connectivity index (χ2v) is 9.95. The second kappa shape index (κ2) is 9.42. The van der Waals surface area contributed by atoms with Crippen molar-refractivity contribution < 1.29 is 13.2 Å². The van der Waals surface area contributed by atoms with Crippen LogP contribution in [0.15, 0.2) is 78.9 Å². The fraction of sp³-hybridized carbons (Fsp3) is 0.0303. The summed E-state index contributed by atoms with van der Waals surface area (Å²) in [7, 11) is 0. The topological polar surface area (TPSA) is 131 Å². The molecule has 0 saturated heterocycles. The van der Waals surface area contributed by atoms with Crippen LogP contribution >= 0.6 is 0 Å². The average molecular weight is 579 g/mol. The van der Waals surface area contributed by atoms with Crippen LogP contribution in [0.25, 0.3) is 55.2 Å². The number of rotatable bonds is 2. The zero-order valence-corrected chi connectivity index (χ0v) is 22.2. The van der Waals surface area contributed by atoms with Crippen molar-refractivity contribution in [1.29, 1.82) is 21.0 Å². The highest BCUT2D eigenvalue weighted by molar-refractivity contribution is 6.11. The molecule has 0 aliphatic rings. The predicted octanol–water partition coefficient (Wildman–Crippen LogP) is 7.18. The average Bonchev–Trinajstić information content (AvgIpc) is 3.54. The lowest BCUT2D eigenvalue weighted by Gasteiger charge is -2.14. The minimum Gasteiger partial charge on any atom is -0.294 e. The van der Waals surface area contributed by atoms with E-state index in [2.05, 4.69) is 34.2 Å². The van der Waals surface area contributed by atoms with E-state index in [-0.39, 0.29) is 11.6 Å². The lowest BCUT2D eigenvalue weighted by molar-refractivity contribution is -0.145. The fourth-order valence-corrected chi connectivity index (χ4v) is 5.60. The van der Waals surface area contributed by atoms with E-state index < -0.39 is 12.0 Å². The molecule has 7 rings (SSSR count). The molecule has 3 aromatic heterocycles. The Labute approximate surface area is 245 Å². The van der Waals surface area contributed by atoms with Crippen molar-refractivity contribution in [2.24, 2.45) is 0 Å². The van der Waals surface area contributed by atoms with Gasteiger partial charge in [0.25, 0.3) is 0 Å². The Bertz CT molecular complexity index is 2230. The summed E-state index contributed by atoms with van der Waals surface area (Å²) in [5.74, 6) is -1.55. The van der Waals surface area contributed by atoms with Crippen LogP contribution in [0.5, 0.6) is 0 Å². The maximum Gasteiger partial charge on any atom is 0.451 e. The van der Waals surface area contributed by atoms with Crippen molar-refractivity contribution in [2.45, 2.75) is 6.18 Å². The van der Waals surface area contributed by atoms with Gasteiger partial charge in [-0.1, -0.05) is 0 Å². The summed E-state index contributed by atoms with van der Waals surface area (Å²) in [5.41, 5.74) is 3.29. The summed E-state index contributed by atoms with van der Waals surface area (Å²) in [6.07, 6.45) is -4.91. The Morgan fingerprint density at radius 2 is 0.773 bits per heavy atom. The number of benzene rings is 4. The van der Waals surface area contributed by atoms with Crippen molar-refractivity contribution in [2.75, 3.05) is 0 Å². The number of fused-ring (bicyclic) bond motifs is 6. The van der Waals surface area contributed by atoms with Crippen LogP contribution in [-0.2, 0) is 6.18 Å². The summed E-state index contributed by atoms with van der Waals surface area (Å²) >= 11 is 0. The molecule has 0 spiro atoms. The van der Waals surface area contributed by atoms with E-state index in [9.17, 15) is 34.2 Å². The Morgan fingerprint density at radius 3 is 1.02 bits per heavy atom. The van der Waals surface area contributed by atoms with Gasteiger partial charge in [0.05, 0.1) is 68.6 Å². The number of nitriles is 4. The first kappa shape index (κ1) is 26.2. The first-order chi connectivity index (χ1) is 21.2. The molecular weight excluding hydrogens is 565 g/mol. The van der Waals surface area contributed by atoms with Crippen LogP contribution in [0.4, 0.5) is 13.2 Å². The summed E-state index contributed by atoms with van der Waals surface area (Å²) < 4.78 is 46.3. The normalized spacial score (nSPS) is 11.4. The van der Waals surface area contributed by atoms with Crippen molar-refractivity contribution in [3.05, 3.63) is 107 Å². The minimum atomic E-state index is -4.91. The molecule has 0 saturated carbocycles. The molecule has 8 nitrogen and oxygen atoms in total. The van der Waals surface area contributed by atoms with Gasteiger partial charge in [0.2, 0.25) is 5.82 Å². The number of alkyl halides is 3. The molecule has 0 fully saturated rings. The Morgan fingerprint density at radius 1 is 0.477 bits per heavy atom. The number of hydrogen-bond acceptors (Lipinski definition) is 6. The van der Waals surface area contributed by atoms with Gasteiger partial charge in [-0.25, -0.2) is 9.97 Å². The van der Waals surface area contributed by atoms with E-state index in [0.29, 0.717) is 65.9 Å². The molecule has 4 aromatic carbocycles. The molecule has 0 radical (unpaired) electrons. The van der Waals surface area contributed by atoms with E-state index >= 15 is 0 Å². The molecule has 44 heavy (non-hydrogen) atoms.